The first-order chi connectivity index (χ1) is 9.31. The van der Waals surface area contributed by atoms with Crippen LogP contribution in [0.15, 0.2) is 18.2 Å². The van der Waals surface area contributed by atoms with E-state index in [2.05, 4.69) is 5.32 Å². The Morgan fingerprint density at radius 1 is 1.45 bits per heavy atom. The number of nitro groups is 1. The number of ether oxygens (including phenoxy) is 1. The highest BCUT2D eigenvalue weighted by Crippen LogP contribution is 2.24. The number of nitrogens with zero attached hydrogens (tertiary/aromatic N) is 1. The Bertz CT molecular complexity index is 547. The van der Waals surface area contributed by atoms with Crippen LogP contribution in [0.4, 0.5) is 10.1 Å². The maximum Gasteiger partial charge on any atom is 0.305 e. The number of nitro benzene ring substituents is 1. The SMILES string of the molecule is CC(=O)NC[C@H](OC(C)=O)c1ccc(F)c([N+](=O)[O-])c1. The van der Waals surface area contributed by atoms with Crippen LogP contribution in [0.25, 0.3) is 0 Å². The van der Waals surface area contributed by atoms with Gasteiger partial charge < -0.3 is 10.1 Å². The summed E-state index contributed by atoms with van der Waals surface area (Å²) in [5.41, 5.74) is -0.496. The molecule has 7 nitrogen and oxygen atoms in total. The summed E-state index contributed by atoms with van der Waals surface area (Å²) in [6.45, 7) is 2.38. The molecule has 0 bridgehead atoms. The molecule has 0 aliphatic heterocycles. The standard InChI is InChI=1S/C12H13FN2O5/c1-7(16)14-6-12(20-8(2)17)9-3-4-10(13)11(5-9)15(18)19/h3-5,12H,6H2,1-2H3,(H,14,16)/t12-/m0/s1. The Hall–Kier alpha value is -2.51. The molecule has 0 unspecified atom stereocenters. The monoisotopic (exact) mass is 284 g/mol. The fraction of sp³-hybridized carbons (Fsp3) is 0.333. The van der Waals surface area contributed by atoms with Crippen molar-refractivity contribution in [3.05, 3.63) is 39.7 Å². The molecule has 0 aromatic heterocycles. The van der Waals surface area contributed by atoms with Crippen LogP contribution in [-0.2, 0) is 14.3 Å². The van der Waals surface area contributed by atoms with E-state index < -0.39 is 28.5 Å². The molecule has 108 valence electrons. The van der Waals surface area contributed by atoms with Gasteiger partial charge in [0, 0.05) is 25.5 Å². The van der Waals surface area contributed by atoms with Crippen molar-refractivity contribution in [3.8, 4) is 0 Å². The zero-order chi connectivity index (χ0) is 15.3. The minimum absolute atomic E-state index is 0.0578. The molecule has 1 rings (SSSR count). The van der Waals surface area contributed by atoms with Crippen LogP contribution in [0.2, 0.25) is 0 Å². The van der Waals surface area contributed by atoms with E-state index in [0.29, 0.717) is 0 Å². The number of hydrogen-bond donors (Lipinski definition) is 1. The first-order valence-electron chi connectivity index (χ1n) is 5.66. The normalized spacial score (nSPS) is 11.6. The summed E-state index contributed by atoms with van der Waals surface area (Å²) in [4.78, 5) is 31.7. The molecular weight excluding hydrogens is 271 g/mol. The molecular formula is C12H13FN2O5. The summed E-state index contributed by atoms with van der Waals surface area (Å²) in [6.07, 6.45) is -0.921. The molecule has 0 radical (unpaired) electrons. The van der Waals surface area contributed by atoms with Crippen molar-refractivity contribution >= 4 is 17.6 Å². The van der Waals surface area contributed by atoms with E-state index >= 15 is 0 Å². The molecule has 0 aliphatic carbocycles. The van der Waals surface area contributed by atoms with Gasteiger partial charge in [0.15, 0.2) is 0 Å². The van der Waals surface area contributed by atoms with Crippen LogP contribution in [0.1, 0.15) is 25.5 Å². The summed E-state index contributed by atoms with van der Waals surface area (Å²) < 4.78 is 18.2. The molecule has 8 heteroatoms. The fourth-order valence-corrected chi connectivity index (χ4v) is 1.53. The molecule has 20 heavy (non-hydrogen) atoms. The van der Waals surface area contributed by atoms with E-state index in [4.69, 9.17) is 4.74 Å². The Morgan fingerprint density at radius 3 is 2.60 bits per heavy atom. The number of carbonyl (C=O) groups is 2. The lowest BCUT2D eigenvalue weighted by atomic mass is 10.1. The van der Waals surface area contributed by atoms with Gasteiger partial charge in [0.2, 0.25) is 11.7 Å². The number of hydrogen-bond acceptors (Lipinski definition) is 5. The van der Waals surface area contributed by atoms with E-state index in [-0.39, 0.29) is 18.0 Å². The zero-order valence-corrected chi connectivity index (χ0v) is 10.9. The van der Waals surface area contributed by atoms with Gasteiger partial charge in [-0.25, -0.2) is 0 Å². The maximum atomic E-state index is 13.2. The number of carbonyl (C=O) groups excluding carboxylic acids is 2. The lowest BCUT2D eigenvalue weighted by Gasteiger charge is -2.17. The summed E-state index contributed by atoms with van der Waals surface area (Å²) in [5.74, 6) is -1.95. The van der Waals surface area contributed by atoms with Gasteiger partial charge >= 0.3 is 11.7 Å². The van der Waals surface area contributed by atoms with Gasteiger partial charge in [-0.2, -0.15) is 4.39 Å². The second-order valence-corrected chi connectivity index (χ2v) is 4.00. The van der Waals surface area contributed by atoms with Gasteiger partial charge in [-0.15, -0.1) is 0 Å². The van der Waals surface area contributed by atoms with Gasteiger partial charge in [-0.05, 0) is 6.07 Å². The number of esters is 1. The van der Waals surface area contributed by atoms with Crippen LogP contribution < -0.4 is 5.32 Å². The number of benzene rings is 1. The minimum Gasteiger partial charge on any atom is -0.456 e. The molecule has 1 amide bonds. The van der Waals surface area contributed by atoms with Gasteiger partial charge in [0.25, 0.3) is 0 Å². The van der Waals surface area contributed by atoms with Crippen molar-refractivity contribution in [1.29, 1.82) is 0 Å². The highest BCUT2D eigenvalue weighted by Gasteiger charge is 2.21. The highest BCUT2D eigenvalue weighted by atomic mass is 19.1. The van der Waals surface area contributed by atoms with Crippen molar-refractivity contribution in [2.75, 3.05) is 6.54 Å². The number of halogens is 1. The topological polar surface area (TPSA) is 98.5 Å². The Balaban J connectivity index is 3.06. The van der Waals surface area contributed by atoms with Crippen LogP contribution in [0.5, 0.6) is 0 Å². The second kappa shape index (κ2) is 6.60. The minimum atomic E-state index is -0.986. The van der Waals surface area contributed by atoms with Crippen LogP contribution in [0.3, 0.4) is 0 Å². The van der Waals surface area contributed by atoms with Crippen molar-refractivity contribution in [2.45, 2.75) is 20.0 Å². The van der Waals surface area contributed by atoms with Crippen molar-refractivity contribution < 1.29 is 23.6 Å². The first-order valence-corrected chi connectivity index (χ1v) is 5.66. The van der Waals surface area contributed by atoms with E-state index in [1.54, 1.807) is 0 Å². The predicted octanol–water partition coefficient (Wildman–Crippen LogP) is 1.47. The van der Waals surface area contributed by atoms with Crippen molar-refractivity contribution in [1.82, 2.24) is 5.32 Å². The summed E-state index contributed by atoms with van der Waals surface area (Å²) in [5, 5.41) is 13.1. The lowest BCUT2D eigenvalue weighted by molar-refractivity contribution is -0.387. The largest absolute Gasteiger partial charge is 0.456 e. The molecule has 0 fully saturated rings. The van der Waals surface area contributed by atoms with Crippen LogP contribution in [-0.4, -0.2) is 23.3 Å². The maximum absolute atomic E-state index is 13.2. The van der Waals surface area contributed by atoms with Gasteiger partial charge in [0.05, 0.1) is 11.5 Å². The molecule has 1 aromatic rings. The molecule has 0 saturated heterocycles. The summed E-state index contributed by atoms with van der Waals surface area (Å²) in [7, 11) is 0. The molecule has 1 atom stereocenters. The van der Waals surface area contributed by atoms with Crippen LogP contribution >= 0.6 is 0 Å². The van der Waals surface area contributed by atoms with Gasteiger partial charge in [-0.3, -0.25) is 19.7 Å². The fourth-order valence-electron chi connectivity index (χ4n) is 1.53. The quantitative estimate of drug-likeness (QED) is 0.501. The molecule has 0 spiro atoms. The van der Waals surface area contributed by atoms with E-state index in [9.17, 15) is 24.1 Å². The first kappa shape index (κ1) is 15.5. The average molecular weight is 284 g/mol. The van der Waals surface area contributed by atoms with Crippen molar-refractivity contribution in [2.24, 2.45) is 0 Å². The second-order valence-electron chi connectivity index (χ2n) is 4.00. The van der Waals surface area contributed by atoms with Crippen molar-refractivity contribution in [3.63, 3.8) is 0 Å². The van der Waals surface area contributed by atoms with Gasteiger partial charge in [-0.1, -0.05) is 6.07 Å². The highest BCUT2D eigenvalue weighted by molar-refractivity contribution is 5.73. The average Bonchev–Trinajstić information content (AvgIpc) is 2.34. The number of amides is 1. The summed E-state index contributed by atoms with van der Waals surface area (Å²) >= 11 is 0. The Labute approximate surface area is 113 Å². The Morgan fingerprint density at radius 2 is 2.10 bits per heavy atom. The smallest absolute Gasteiger partial charge is 0.305 e. The van der Waals surface area contributed by atoms with E-state index in [1.165, 1.54) is 19.9 Å². The molecule has 0 saturated carbocycles. The third kappa shape index (κ3) is 4.30. The zero-order valence-electron chi connectivity index (χ0n) is 10.9. The Kier molecular flexibility index (Phi) is 5.13. The van der Waals surface area contributed by atoms with E-state index in [0.717, 1.165) is 12.1 Å². The third-order valence-corrected chi connectivity index (χ3v) is 2.38. The molecule has 1 N–H and O–H groups in total. The summed E-state index contributed by atoms with van der Waals surface area (Å²) in [6, 6.07) is 3.15. The molecule has 0 heterocycles. The van der Waals surface area contributed by atoms with E-state index in [1.807, 2.05) is 0 Å². The molecule has 0 aliphatic rings. The number of rotatable bonds is 5. The number of nitrogens with one attached hydrogen (secondary N) is 1. The molecule has 1 aromatic carbocycles. The predicted molar refractivity (Wildman–Crippen MR) is 66.2 cm³/mol. The third-order valence-electron chi connectivity index (χ3n) is 2.38. The van der Waals surface area contributed by atoms with Crippen LogP contribution in [0, 0.1) is 15.9 Å². The van der Waals surface area contributed by atoms with Gasteiger partial charge in [0.1, 0.15) is 6.10 Å². The lowest BCUT2D eigenvalue weighted by Crippen LogP contribution is -2.28.